The minimum atomic E-state index is -1.06. The third-order valence-electron chi connectivity index (χ3n) is 2.61. The van der Waals surface area contributed by atoms with E-state index in [0.717, 1.165) is 0 Å². The van der Waals surface area contributed by atoms with Crippen LogP contribution in [0.5, 0.6) is 0 Å². The van der Waals surface area contributed by atoms with Crippen molar-refractivity contribution in [1.82, 2.24) is 4.90 Å². The molecular formula is C13H13BFNO4. The quantitative estimate of drug-likeness (QED) is 0.752. The van der Waals surface area contributed by atoms with E-state index in [2.05, 4.69) is 0 Å². The zero-order chi connectivity index (χ0) is 14.5. The van der Waals surface area contributed by atoms with E-state index >= 15 is 0 Å². The molecular weight excluding hydrogens is 264 g/mol. The van der Waals surface area contributed by atoms with Gasteiger partial charge in [0.2, 0.25) is 0 Å². The van der Waals surface area contributed by atoms with Crippen LogP contribution in [0.2, 0.25) is 0 Å². The van der Waals surface area contributed by atoms with Gasteiger partial charge in [-0.2, -0.15) is 0 Å². The molecule has 0 aliphatic carbocycles. The molecule has 0 bridgehead atoms. The average molecular weight is 277 g/mol. The van der Waals surface area contributed by atoms with Crippen LogP contribution in [0, 0.1) is 5.82 Å². The van der Waals surface area contributed by atoms with Crippen molar-refractivity contribution in [3.8, 4) is 0 Å². The first kappa shape index (κ1) is 14.3. The molecule has 0 aromatic heterocycles. The van der Waals surface area contributed by atoms with Gasteiger partial charge in [-0.3, -0.25) is 14.5 Å². The fourth-order valence-electron chi connectivity index (χ4n) is 1.70. The van der Waals surface area contributed by atoms with E-state index in [0.29, 0.717) is 5.56 Å². The highest BCUT2D eigenvalue weighted by Crippen LogP contribution is 2.07. The van der Waals surface area contributed by atoms with Crippen molar-refractivity contribution in [3.63, 3.8) is 0 Å². The van der Waals surface area contributed by atoms with Crippen molar-refractivity contribution < 1.29 is 23.3 Å². The molecule has 0 saturated carbocycles. The Labute approximate surface area is 116 Å². The number of rotatable bonds is 2. The van der Waals surface area contributed by atoms with Crippen LogP contribution in [0.15, 0.2) is 30.2 Å². The summed E-state index contributed by atoms with van der Waals surface area (Å²) >= 11 is 0. The second-order valence-electron chi connectivity index (χ2n) is 4.43. The van der Waals surface area contributed by atoms with Crippen LogP contribution in [-0.4, -0.2) is 44.1 Å². The van der Waals surface area contributed by atoms with Gasteiger partial charge in [0.15, 0.2) is 0 Å². The van der Waals surface area contributed by atoms with E-state index in [1.165, 1.54) is 23.0 Å². The summed E-state index contributed by atoms with van der Waals surface area (Å²) in [6.45, 7) is 0.0476. The highest BCUT2D eigenvalue weighted by Gasteiger charge is 2.29. The lowest BCUT2D eigenvalue weighted by Crippen LogP contribution is -2.41. The van der Waals surface area contributed by atoms with Crippen LogP contribution in [0.1, 0.15) is 5.56 Å². The molecule has 1 aliphatic heterocycles. The van der Waals surface area contributed by atoms with Crippen LogP contribution in [0.25, 0.3) is 6.08 Å². The number of benzene rings is 1. The summed E-state index contributed by atoms with van der Waals surface area (Å²) < 4.78 is 22.7. The van der Waals surface area contributed by atoms with Crippen LogP contribution in [0.3, 0.4) is 0 Å². The van der Waals surface area contributed by atoms with E-state index in [-0.39, 0.29) is 18.9 Å². The van der Waals surface area contributed by atoms with Crippen LogP contribution < -0.4 is 0 Å². The van der Waals surface area contributed by atoms with E-state index in [4.69, 9.17) is 9.31 Å². The third kappa shape index (κ3) is 4.20. The molecule has 1 heterocycles. The smallest absolute Gasteiger partial charge is 0.495 e. The van der Waals surface area contributed by atoms with Gasteiger partial charge < -0.3 is 9.31 Å². The Morgan fingerprint density at radius 1 is 1.15 bits per heavy atom. The van der Waals surface area contributed by atoms with Crippen molar-refractivity contribution in [2.75, 3.05) is 20.1 Å². The first-order valence-corrected chi connectivity index (χ1v) is 6.04. The third-order valence-corrected chi connectivity index (χ3v) is 2.61. The fourth-order valence-corrected chi connectivity index (χ4v) is 1.70. The molecule has 7 heteroatoms. The Bertz CT molecular complexity index is 512. The molecule has 1 saturated heterocycles. The summed E-state index contributed by atoms with van der Waals surface area (Å²) in [6.07, 6.45) is 1.59. The minimum absolute atomic E-state index is 0.0238. The van der Waals surface area contributed by atoms with Crippen LogP contribution >= 0.6 is 0 Å². The molecule has 1 aromatic rings. The van der Waals surface area contributed by atoms with Gasteiger partial charge >= 0.3 is 19.1 Å². The number of hydrogen-bond acceptors (Lipinski definition) is 5. The summed E-state index contributed by atoms with van der Waals surface area (Å²) in [5, 5.41) is 0. The second-order valence-corrected chi connectivity index (χ2v) is 4.43. The normalized spacial score (nSPS) is 17.6. The molecule has 1 aliphatic rings. The second kappa shape index (κ2) is 6.34. The lowest BCUT2D eigenvalue weighted by Gasteiger charge is -2.21. The molecule has 1 aromatic carbocycles. The number of nitrogens with zero attached hydrogens (tertiary/aromatic N) is 1. The van der Waals surface area contributed by atoms with Crippen molar-refractivity contribution in [3.05, 3.63) is 41.6 Å². The zero-order valence-electron chi connectivity index (χ0n) is 10.9. The first-order chi connectivity index (χ1) is 9.52. The highest BCUT2D eigenvalue weighted by molar-refractivity contribution is 6.55. The molecule has 0 unspecified atom stereocenters. The van der Waals surface area contributed by atoms with Crippen molar-refractivity contribution in [2.45, 2.75) is 0 Å². The van der Waals surface area contributed by atoms with E-state index in [1.807, 2.05) is 0 Å². The molecule has 0 atom stereocenters. The molecule has 1 fully saturated rings. The van der Waals surface area contributed by atoms with Gasteiger partial charge in [0.1, 0.15) is 5.82 Å². The number of halogens is 1. The predicted molar refractivity (Wildman–Crippen MR) is 70.9 cm³/mol. The topological polar surface area (TPSA) is 55.8 Å². The van der Waals surface area contributed by atoms with Crippen molar-refractivity contribution in [2.24, 2.45) is 0 Å². The molecule has 0 radical (unpaired) electrons. The van der Waals surface area contributed by atoms with Crippen LogP contribution in [-0.2, 0) is 18.9 Å². The van der Waals surface area contributed by atoms with Gasteiger partial charge in [0, 0.05) is 0 Å². The monoisotopic (exact) mass is 277 g/mol. The van der Waals surface area contributed by atoms with Gasteiger partial charge in [-0.15, -0.1) is 0 Å². The summed E-state index contributed by atoms with van der Waals surface area (Å²) in [5.74, 6) is 0.144. The Hall–Kier alpha value is -2.15. The zero-order valence-corrected chi connectivity index (χ0v) is 10.9. The van der Waals surface area contributed by atoms with Gasteiger partial charge in [0.25, 0.3) is 0 Å². The van der Waals surface area contributed by atoms with E-state index in [9.17, 15) is 14.0 Å². The number of carbonyl (C=O) groups excluding carboxylic acids is 2. The van der Waals surface area contributed by atoms with Crippen molar-refractivity contribution >= 4 is 25.1 Å². The standard InChI is InChI=1S/C13H13BFNO4/c1-16-8-12(17)19-14(20-13(18)9-16)7-6-10-2-4-11(15)5-3-10/h2-7H,8-9H2,1H3/b7-6+. The summed E-state index contributed by atoms with van der Waals surface area (Å²) in [7, 11) is 0.561. The van der Waals surface area contributed by atoms with E-state index in [1.54, 1.807) is 25.3 Å². The largest absolute Gasteiger partial charge is 0.628 e. The maximum absolute atomic E-state index is 12.8. The Morgan fingerprint density at radius 2 is 1.70 bits per heavy atom. The first-order valence-electron chi connectivity index (χ1n) is 6.04. The lowest BCUT2D eigenvalue weighted by atomic mass is 9.88. The molecule has 0 spiro atoms. The minimum Gasteiger partial charge on any atom is -0.495 e. The predicted octanol–water partition coefficient (Wildman–Crippen LogP) is 0.898. The lowest BCUT2D eigenvalue weighted by molar-refractivity contribution is -0.145. The SMILES string of the molecule is CN1CC(=O)OB(/C=C/c2ccc(F)cc2)OC(=O)C1. The Kier molecular flexibility index (Phi) is 4.52. The molecule has 5 nitrogen and oxygen atoms in total. The molecule has 0 amide bonds. The summed E-state index contributed by atoms with van der Waals surface area (Å²) in [4.78, 5) is 24.5. The average Bonchev–Trinajstić information content (AvgIpc) is 2.35. The van der Waals surface area contributed by atoms with Gasteiger partial charge in [0.05, 0.1) is 13.1 Å². The highest BCUT2D eigenvalue weighted by atomic mass is 19.1. The Morgan fingerprint density at radius 3 is 2.25 bits per heavy atom. The maximum Gasteiger partial charge on any atom is 0.628 e. The summed E-state index contributed by atoms with van der Waals surface area (Å²) in [5.41, 5.74) is 0.706. The Balaban J connectivity index is 2.04. The summed E-state index contributed by atoms with van der Waals surface area (Å²) in [6, 6.07) is 5.74. The fraction of sp³-hybridized carbons (Fsp3) is 0.231. The molecule has 0 N–H and O–H groups in total. The van der Waals surface area contributed by atoms with Gasteiger partial charge in [-0.05, 0) is 30.7 Å². The number of likely N-dealkylation sites (N-methyl/N-ethyl adjacent to an activating group) is 1. The van der Waals surface area contributed by atoms with Crippen molar-refractivity contribution in [1.29, 1.82) is 0 Å². The molecule has 104 valence electrons. The number of hydrogen-bond donors (Lipinski definition) is 0. The number of carbonyl (C=O) groups is 2. The maximum atomic E-state index is 12.8. The molecule has 2 rings (SSSR count). The van der Waals surface area contributed by atoms with Gasteiger partial charge in [-0.1, -0.05) is 18.2 Å². The molecule has 20 heavy (non-hydrogen) atoms. The van der Waals surface area contributed by atoms with Crippen LogP contribution in [0.4, 0.5) is 4.39 Å². The van der Waals surface area contributed by atoms with E-state index < -0.39 is 19.1 Å². The van der Waals surface area contributed by atoms with Gasteiger partial charge in [-0.25, -0.2) is 4.39 Å².